The lowest BCUT2D eigenvalue weighted by molar-refractivity contribution is -0.154. The Kier molecular flexibility index (Phi) is 36.4. The zero-order valence-corrected chi connectivity index (χ0v) is 32.1. The second-order valence-electron chi connectivity index (χ2n) is 13.1. The van der Waals surface area contributed by atoms with E-state index in [0.717, 1.165) is 44.9 Å². The first-order valence-electron chi connectivity index (χ1n) is 19.8. The minimum Gasteiger partial charge on any atom is -0.457 e. The fourth-order valence-corrected chi connectivity index (χ4v) is 6.20. The molecule has 0 saturated carbocycles. The van der Waals surface area contributed by atoms with E-state index in [-0.39, 0.29) is 32.3 Å². The number of esters is 1. The number of ether oxygens (including phenoxy) is 2. The summed E-state index contributed by atoms with van der Waals surface area (Å²) >= 11 is 0. The number of nitrogens with two attached hydrogens (primary N) is 1. The zero-order valence-electron chi connectivity index (χ0n) is 31.2. The van der Waals surface area contributed by atoms with Crippen LogP contribution in [0, 0.1) is 0 Å². The molecule has 0 aliphatic rings. The summed E-state index contributed by atoms with van der Waals surface area (Å²) in [6, 6.07) is 0. The fourth-order valence-electron chi connectivity index (χ4n) is 5.44. The molecule has 0 saturated heterocycles. The second kappa shape index (κ2) is 37.2. The predicted molar refractivity (Wildman–Crippen MR) is 201 cm³/mol. The maximum absolute atomic E-state index is 12.5. The van der Waals surface area contributed by atoms with Crippen molar-refractivity contribution in [3.63, 3.8) is 0 Å². The van der Waals surface area contributed by atoms with Crippen molar-refractivity contribution < 1.29 is 32.8 Å². The van der Waals surface area contributed by atoms with Crippen molar-refractivity contribution in [3.8, 4) is 0 Å². The molecule has 0 aromatic rings. The van der Waals surface area contributed by atoms with Crippen LogP contribution in [0.4, 0.5) is 0 Å². The molecule has 0 bridgehead atoms. The maximum Gasteiger partial charge on any atom is 0.472 e. The summed E-state index contributed by atoms with van der Waals surface area (Å²) in [6.45, 7) is 4.90. The van der Waals surface area contributed by atoms with Crippen molar-refractivity contribution in [1.82, 2.24) is 0 Å². The average Bonchev–Trinajstić information content (AvgIpc) is 3.07. The molecule has 8 nitrogen and oxygen atoms in total. The first-order chi connectivity index (χ1) is 23.4. The lowest BCUT2D eigenvalue weighted by Crippen LogP contribution is -2.28. The third-order valence-corrected chi connectivity index (χ3v) is 9.36. The molecule has 0 rings (SSSR count). The van der Waals surface area contributed by atoms with Gasteiger partial charge in [0.1, 0.15) is 6.10 Å². The molecule has 0 aliphatic heterocycles. The molecule has 0 radical (unpaired) electrons. The number of unbranched alkanes of at least 4 members (excludes halogenated alkanes) is 21. The van der Waals surface area contributed by atoms with Crippen molar-refractivity contribution in [2.75, 3.05) is 33.0 Å². The highest BCUT2D eigenvalue weighted by Gasteiger charge is 2.25. The van der Waals surface area contributed by atoms with Crippen LogP contribution in [0.1, 0.15) is 181 Å². The Bertz CT molecular complexity index is 792. The van der Waals surface area contributed by atoms with Crippen LogP contribution >= 0.6 is 7.82 Å². The summed E-state index contributed by atoms with van der Waals surface area (Å²) in [7, 11) is -4.27. The number of phosphoric ester groups is 1. The summed E-state index contributed by atoms with van der Waals surface area (Å²) in [5.74, 6) is -0.337. The van der Waals surface area contributed by atoms with Crippen LogP contribution in [0.15, 0.2) is 24.3 Å². The summed E-state index contributed by atoms with van der Waals surface area (Å²) in [4.78, 5) is 22.4. The first kappa shape index (κ1) is 47.0. The molecule has 3 N–H and O–H groups in total. The number of phosphoric acid groups is 1. The van der Waals surface area contributed by atoms with Gasteiger partial charge >= 0.3 is 13.8 Å². The Morgan fingerprint density at radius 2 is 1.10 bits per heavy atom. The SMILES string of the molecule is CCCCC/C=C\C/C=C\CCCCCCCCCC(=O)OC(COCCCCCCCCCCCCCC)COP(=O)(O)OCCN. The number of hydrogen-bond acceptors (Lipinski definition) is 7. The predicted octanol–water partition coefficient (Wildman–Crippen LogP) is 11.3. The van der Waals surface area contributed by atoms with Crippen LogP contribution in [0.2, 0.25) is 0 Å². The topological polar surface area (TPSA) is 117 Å². The summed E-state index contributed by atoms with van der Waals surface area (Å²) in [5.41, 5.74) is 5.35. The molecular formula is C39H76NO7P. The fraction of sp³-hybridized carbons (Fsp3) is 0.872. The van der Waals surface area contributed by atoms with Gasteiger partial charge in [0.25, 0.3) is 0 Å². The van der Waals surface area contributed by atoms with Gasteiger partial charge in [0.2, 0.25) is 0 Å². The van der Waals surface area contributed by atoms with E-state index in [1.165, 1.54) is 116 Å². The van der Waals surface area contributed by atoms with Crippen LogP contribution in [-0.4, -0.2) is 49.9 Å². The molecule has 0 fully saturated rings. The Labute approximate surface area is 296 Å². The lowest BCUT2D eigenvalue weighted by Gasteiger charge is -2.20. The molecule has 0 heterocycles. The van der Waals surface area contributed by atoms with E-state index in [1.54, 1.807) is 0 Å². The Morgan fingerprint density at radius 3 is 1.67 bits per heavy atom. The van der Waals surface area contributed by atoms with Gasteiger partial charge < -0.3 is 20.1 Å². The number of allylic oxidation sites excluding steroid dienone is 4. The van der Waals surface area contributed by atoms with E-state index in [2.05, 4.69) is 38.2 Å². The van der Waals surface area contributed by atoms with Crippen LogP contribution in [0.3, 0.4) is 0 Å². The van der Waals surface area contributed by atoms with E-state index in [1.807, 2.05) is 0 Å². The standard InChI is InChI=1S/C39H76NO7P/c1-3-5-7-9-11-13-15-17-18-19-20-21-22-24-26-28-30-32-39(41)47-38(37-46-48(42,43)45-35-33-40)36-44-34-31-29-27-25-23-16-14-12-10-8-6-4-2/h11,13,17-18,38H,3-10,12,14-16,19-37,40H2,1-2H3,(H,42,43)/b13-11-,18-17-. The lowest BCUT2D eigenvalue weighted by atomic mass is 10.1. The van der Waals surface area contributed by atoms with Gasteiger partial charge in [0.05, 0.1) is 19.8 Å². The van der Waals surface area contributed by atoms with Crippen LogP contribution < -0.4 is 5.73 Å². The average molecular weight is 702 g/mol. The quantitative estimate of drug-likeness (QED) is 0.0283. The van der Waals surface area contributed by atoms with E-state index in [9.17, 15) is 14.3 Å². The summed E-state index contributed by atoms with van der Waals surface area (Å²) in [5, 5.41) is 0. The van der Waals surface area contributed by atoms with Crippen molar-refractivity contribution in [1.29, 1.82) is 0 Å². The van der Waals surface area contributed by atoms with Gasteiger partial charge in [0, 0.05) is 19.6 Å². The van der Waals surface area contributed by atoms with Gasteiger partial charge in [-0.2, -0.15) is 0 Å². The van der Waals surface area contributed by atoms with Gasteiger partial charge in [-0.15, -0.1) is 0 Å². The molecule has 0 aliphatic carbocycles. The van der Waals surface area contributed by atoms with E-state index in [4.69, 9.17) is 24.3 Å². The van der Waals surface area contributed by atoms with Crippen molar-refractivity contribution in [2.45, 2.75) is 187 Å². The van der Waals surface area contributed by atoms with Crippen molar-refractivity contribution in [3.05, 3.63) is 24.3 Å². The van der Waals surface area contributed by atoms with Gasteiger partial charge in [-0.3, -0.25) is 13.8 Å². The molecule has 2 atom stereocenters. The van der Waals surface area contributed by atoms with Gasteiger partial charge in [-0.05, 0) is 44.9 Å². The van der Waals surface area contributed by atoms with Crippen molar-refractivity contribution in [2.24, 2.45) is 5.73 Å². The summed E-state index contributed by atoms with van der Waals surface area (Å²) in [6.07, 6.45) is 39.0. The highest BCUT2D eigenvalue weighted by molar-refractivity contribution is 7.47. The van der Waals surface area contributed by atoms with Crippen LogP contribution in [-0.2, 0) is 27.9 Å². The van der Waals surface area contributed by atoms with E-state index in [0.29, 0.717) is 13.0 Å². The molecule has 9 heteroatoms. The zero-order chi connectivity index (χ0) is 35.2. The smallest absolute Gasteiger partial charge is 0.457 e. The summed E-state index contributed by atoms with van der Waals surface area (Å²) < 4.78 is 33.3. The van der Waals surface area contributed by atoms with E-state index >= 15 is 0 Å². The normalized spacial score (nSPS) is 13.8. The molecule has 0 spiro atoms. The van der Waals surface area contributed by atoms with Gasteiger partial charge in [0.15, 0.2) is 0 Å². The number of carbonyl (C=O) groups is 1. The van der Waals surface area contributed by atoms with Crippen LogP contribution in [0.25, 0.3) is 0 Å². The molecule has 0 aromatic carbocycles. The molecule has 2 unspecified atom stereocenters. The number of carbonyl (C=O) groups excluding carboxylic acids is 1. The first-order valence-corrected chi connectivity index (χ1v) is 21.3. The Hall–Kier alpha value is -1.02. The van der Waals surface area contributed by atoms with Gasteiger partial charge in [-0.1, -0.05) is 154 Å². The monoisotopic (exact) mass is 702 g/mol. The van der Waals surface area contributed by atoms with Gasteiger partial charge in [-0.25, -0.2) is 4.57 Å². The third kappa shape index (κ3) is 36.3. The molecule has 284 valence electrons. The largest absolute Gasteiger partial charge is 0.472 e. The molecule has 48 heavy (non-hydrogen) atoms. The highest BCUT2D eigenvalue weighted by Crippen LogP contribution is 2.43. The Morgan fingerprint density at radius 1 is 0.625 bits per heavy atom. The Balaban J connectivity index is 4.07. The van der Waals surface area contributed by atoms with Crippen LogP contribution in [0.5, 0.6) is 0 Å². The maximum atomic E-state index is 12.5. The highest BCUT2D eigenvalue weighted by atomic mass is 31.2. The molecule has 0 amide bonds. The minimum atomic E-state index is -4.27. The minimum absolute atomic E-state index is 0.0954. The number of rotatable bonds is 38. The second-order valence-corrected chi connectivity index (χ2v) is 14.6. The number of hydrogen-bond donors (Lipinski definition) is 2. The third-order valence-electron chi connectivity index (χ3n) is 8.37. The molecular weight excluding hydrogens is 625 g/mol. The van der Waals surface area contributed by atoms with E-state index < -0.39 is 13.9 Å². The van der Waals surface area contributed by atoms with Crippen molar-refractivity contribution >= 4 is 13.8 Å². The molecule has 0 aromatic heterocycles.